The molecule has 0 rings (SSSR count). The summed E-state index contributed by atoms with van der Waals surface area (Å²) in [5, 5.41) is 27.7. The Hall–Kier alpha value is 0.130. The van der Waals surface area contributed by atoms with E-state index in [4.69, 9.17) is 15.3 Å². The van der Waals surface area contributed by atoms with Gasteiger partial charge in [-0.25, -0.2) is 0 Å². The lowest BCUT2D eigenvalue weighted by Crippen LogP contribution is -2.39. The van der Waals surface area contributed by atoms with Gasteiger partial charge in [0.05, 0.1) is 0 Å². The second-order valence-corrected chi connectivity index (χ2v) is 1.81. The fraction of sp³-hybridized carbons (Fsp3) is 1.00. The van der Waals surface area contributed by atoms with Crippen LogP contribution in [0.3, 0.4) is 0 Å². The Bertz CT molecular complexity index is 71.9. The second kappa shape index (κ2) is 7.24. The molecule has 10 heavy (non-hydrogen) atoms. The fourth-order valence-corrected chi connectivity index (χ4v) is 0.398. The molecule has 0 aromatic carbocycles. The van der Waals surface area contributed by atoms with E-state index in [1.165, 1.54) is 0 Å². The van der Waals surface area contributed by atoms with Crippen LogP contribution in [0.4, 0.5) is 0 Å². The van der Waals surface area contributed by atoms with E-state index in [1.807, 2.05) is 6.92 Å². The highest BCUT2D eigenvalue weighted by atomic mass is 35.5. The van der Waals surface area contributed by atoms with Gasteiger partial charge in [0.15, 0.2) is 12.5 Å². The molecule has 0 fully saturated rings. The van der Waals surface area contributed by atoms with Crippen molar-refractivity contribution < 1.29 is 15.3 Å². The van der Waals surface area contributed by atoms with Gasteiger partial charge >= 0.3 is 0 Å². The Morgan fingerprint density at radius 2 is 1.80 bits per heavy atom. The van der Waals surface area contributed by atoms with Crippen molar-refractivity contribution in [3.8, 4) is 0 Å². The molecule has 0 amide bonds. The quantitative estimate of drug-likeness (QED) is 0.411. The molecular formula is C5H14ClNO3. The summed E-state index contributed by atoms with van der Waals surface area (Å²) in [6, 6.07) is 0. The Morgan fingerprint density at radius 1 is 1.30 bits per heavy atom. The molecule has 0 aliphatic heterocycles. The molecule has 64 valence electrons. The lowest BCUT2D eigenvalue weighted by Gasteiger charge is -2.12. The van der Waals surface area contributed by atoms with E-state index in [9.17, 15) is 0 Å². The monoisotopic (exact) mass is 171 g/mol. The third-order valence-corrected chi connectivity index (χ3v) is 0.886. The molecule has 1 atom stereocenters. The van der Waals surface area contributed by atoms with Crippen LogP contribution in [0.1, 0.15) is 13.3 Å². The Kier molecular flexibility index (Phi) is 9.25. The van der Waals surface area contributed by atoms with Crippen LogP contribution in [-0.4, -0.2) is 34.4 Å². The average molecular weight is 172 g/mol. The number of nitrogens with one attached hydrogen (secondary N) is 1. The topological polar surface area (TPSA) is 72.7 Å². The van der Waals surface area contributed by atoms with Crippen molar-refractivity contribution in [2.24, 2.45) is 0 Å². The smallest absolute Gasteiger partial charge is 0.192 e. The van der Waals surface area contributed by atoms with Crippen LogP contribution in [0, 0.1) is 0 Å². The molecule has 0 aromatic rings. The summed E-state index contributed by atoms with van der Waals surface area (Å²) in [6.45, 7) is 2.50. The molecule has 1 unspecified atom stereocenters. The van der Waals surface area contributed by atoms with Crippen LogP contribution in [0.15, 0.2) is 0 Å². The van der Waals surface area contributed by atoms with Gasteiger partial charge in [-0.2, -0.15) is 0 Å². The van der Waals surface area contributed by atoms with E-state index in [2.05, 4.69) is 5.32 Å². The van der Waals surface area contributed by atoms with Gasteiger partial charge in [0.1, 0.15) is 0 Å². The normalized spacial score (nSPS) is 12.9. The summed E-state index contributed by atoms with van der Waals surface area (Å²) in [7, 11) is 0. The minimum atomic E-state index is -1.68. The number of halogens is 1. The lowest BCUT2D eigenvalue weighted by atomic mass is 10.4. The lowest BCUT2D eigenvalue weighted by molar-refractivity contribution is -0.132. The van der Waals surface area contributed by atoms with Crippen LogP contribution < -0.4 is 5.32 Å². The van der Waals surface area contributed by atoms with E-state index in [-0.39, 0.29) is 12.4 Å². The summed E-state index contributed by atoms with van der Waals surface area (Å²) >= 11 is 0. The zero-order valence-electron chi connectivity index (χ0n) is 5.82. The standard InChI is InChI=1S/C5H13NO3.ClH/c1-2-3-6-4(7)5(8)9;/h4-9H,2-3H2,1H3;1H. The Balaban J connectivity index is 0. The molecule has 4 N–H and O–H groups in total. The molecule has 0 aromatic heterocycles. The highest BCUT2D eigenvalue weighted by molar-refractivity contribution is 5.85. The molecule has 0 saturated heterocycles. The number of aliphatic hydroxyl groups is 3. The predicted molar refractivity (Wildman–Crippen MR) is 39.8 cm³/mol. The highest BCUT2D eigenvalue weighted by Crippen LogP contribution is 1.82. The molecule has 5 heteroatoms. The minimum Gasteiger partial charge on any atom is -0.373 e. The van der Waals surface area contributed by atoms with E-state index < -0.39 is 12.5 Å². The fourth-order valence-electron chi connectivity index (χ4n) is 0.398. The first kappa shape index (κ1) is 12.8. The maximum absolute atomic E-state index is 8.65. The van der Waals surface area contributed by atoms with Crippen LogP contribution in [0.25, 0.3) is 0 Å². The summed E-state index contributed by atoms with van der Waals surface area (Å²) in [6.07, 6.45) is -2.05. The highest BCUT2D eigenvalue weighted by Gasteiger charge is 2.09. The van der Waals surface area contributed by atoms with E-state index in [1.54, 1.807) is 0 Å². The number of hydrogen-bond donors (Lipinski definition) is 4. The molecule has 0 aliphatic rings. The van der Waals surface area contributed by atoms with Gasteiger partial charge in [0.25, 0.3) is 0 Å². The van der Waals surface area contributed by atoms with Gasteiger partial charge < -0.3 is 15.3 Å². The third kappa shape index (κ3) is 6.25. The summed E-state index contributed by atoms with van der Waals surface area (Å²) in [5.74, 6) is 0. The maximum atomic E-state index is 8.65. The largest absolute Gasteiger partial charge is 0.373 e. The van der Waals surface area contributed by atoms with Crippen molar-refractivity contribution in [3.05, 3.63) is 0 Å². The molecule has 0 spiro atoms. The molecule has 0 aliphatic carbocycles. The van der Waals surface area contributed by atoms with E-state index in [0.717, 1.165) is 6.42 Å². The summed E-state index contributed by atoms with van der Waals surface area (Å²) < 4.78 is 0. The predicted octanol–water partition coefficient (Wildman–Crippen LogP) is -0.963. The summed E-state index contributed by atoms with van der Waals surface area (Å²) in [5.41, 5.74) is 0. The van der Waals surface area contributed by atoms with Gasteiger partial charge in [0.2, 0.25) is 0 Å². The van der Waals surface area contributed by atoms with Crippen LogP contribution in [-0.2, 0) is 0 Å². The van der Waals surface area contributed by atoms with Crippen molar-refractivity contribution in [2.45, 2.75) is 25.9 Å². The summed E-state index contributed by atoms with van der Waals surface area (Å²) in [4.78, 5) is 0. The Morgan fingerprint density at radius 3 is 2.10 bits per heavy atom. The van der Waals surface area contributed by atoms with Gasteiger partial charge in [-0.1, -0.05) is 6.92 Å². The van der Waals surface area contributed by atoms with Gasteiger partial charge in [-0.3, -0.25) is 5.32 Å². The maximum Gasteiger partial charge on any atom is 0.192 e. The first-order valence-corrected chi connectivity index (χ1v) is 2.96. The third-order valence-electron chi connectivity index (χ3n) is 0.886. The molecule has 0 heterocycles. The van der Waals surface area contributed by atoms with Crippen molar-refractivity contribution in [1.29, 1.82) is 0 Å². The van der Waals surface area contributed by atoms with Gasteiger partial charge in [-0.05, 0) is 13.0 Å². The van der Waals surface area contributed by atoms with Crippen molar-refractivity contribution >= 4 is 12.4 Å². The van der Waals surface area contributed by atoms with Crippen molar-refractivity contribution in [2.75, 3.05) is 6.54 Å². The second-order valence-electron chi connectivity index (χ2n) is 1.81. The molecule has 0 saturated carbocycles. The SMILES string of the molecule is CCCNC(O)C(O)O.Cl. The van der Waals surface area contributed by atoms with E-state index in [0.29, 0.717) is 6.54 Å². The van der Waals surface area contributed by atoms with Gasteiger partial charge in [0, 0.05) is 0 Å². The first-order valence-electron chi connectivity index (χ1n) is 2.96. The minimum absolute atomic E-state index is 0. The van der Waals surface area contributed by atoms with Crippen molar-refractivity contribution in [1.82, 2.24) is 5.32 Å². The molecule has 0 bridgehead atoms. The zero-order chi connectivity index (χ0) is 7.28. The van der Waals surface area contributed by atoms with Crippen LogP contribution >= 0.6 is 12.4 Å². The van der Waals surface area contributed by atoms with E-state index >= 15 is 0 Å². The molecule has 0 radical (unpaired) electrons. The Labute approximate surface area is 66.3 Å². The molecule has 4 nitrogen and oxygen atoms in total. The number of aliphatic hydroxyl groups excluding tert-OH is 2. The van der Waals surface area contributed by atoms with Crippen LogP contribution in [0.2, 0.25) is 0 Å². The number of rotatable bonds is 4. The number of hydrogen-bond acceptors (Lipinski definition) is 4. The molecular weight excluding hydrogens is 158 g/mol. The van der Waals surface area contributed by atoms with Gasteiger partial charge in [-0.15, -0.1) is 12.4 Å². The van der Waals surface area contributed by atoms with Crippen molar-refractivity contribution in [3.63, 3.8) is 0 Å². The zero-order valence-corrected chi connectivity index (χ0v) is 6.64. The first-order chi connectivity index (χ1) is 4.18. The average Bonchev–Trinajstić information content (AvgIpc) is 1.82. The van der Waals surface area contributed by atoms with Crippen LogP contribution in [0.5, 0.6) is 0 Å².